The highest BCUT2D eigenvalue weighted by Gasteiger charge is 2.21. The summed E-state index contributed by atoms with van der Waals surface area (Å²) in [5.41, 5.74) is 2.34. The number of aliphatic carboxylic acids is 1. The number of carbonyl (C=O) groups excluding carboxylic acids is 1. The second-order valence-corrected chi connectivity index (χ2v) is 9.76. The van der Waals surface area contributed by atoms with Gasteiger partial charge in [0.15, 0.2) is 0 Å². The summed E-state index contributed by atoms with van der Waals surface area (Å²) in [6.07, 6.45) is 3.32. The molecule has 0 saturated heterocycles. The van der Waals surface area contributed by atoms with Crippen molar-refractivity contribution >= 4 is 34.2 Å². The first-order valence-electron chi connectivity index (χ1n) is 11.4. The number of carboxylic acid groups (broad SMARTS) is 1. The summed E-state index contributed by atoms with van der Waals surface area (Å²) in [7, 11) is 0. The van der Waals surface area contributed by atoms with Gasteiger partial charge in [-0.1, -0.05) is 33.8 Å². The van der Waals surface area contributed by atoms with Crippen molar-refractivity contribution in [1.82, 2.24) is 14.9 Å². The van der Waals surface area contributed by atoms with Gasteiger partial charge in [0.1, 0.15) is 5.82 Å². The average molecular weight is 456 g/mol. The Morgan fingerprint density at radius 3 is 2.53 bits per heavy atom. The van der Waals surface area contributed by atoms with Gasteiger partial charge in [0.2, 0.25) is 0 Å². The minimum atomic E-state index is -0.909. The molecule has 2 aromatic heterocycles. The number of nitrogens with one attached hydrogen (secondary N) is 1. The fourth-order valence-electron chi connectivity index (χ4n) is 4.29. The number of carbonyl (C=O) groups is 2. The molecular weight excluding hydrogens is 422 g/mol. The van der Waals surface area contributed by atoms with Gasteiger partial charge >= 0.3 is 5.97 Å². The number of thiophene rings is 1. The van der Waals surface area contributed by atoms with Crippen molar-refractivity contribution in [2.45, 2.75) is 71.9 Å². The minimum absolute atomic E-state index is 0.0829. The SMILES string of the molecule is CCC(CC)n1c(Cc2cccs2)nc2cc(C(=O)NC(CC(=O)O)CC(C)C)ccc21. The molecule has 1 aromatic carbocycles. The molecule has 3 aromatic rings. The largest absolute Gasteiger partial charge is 0.481 e. The summed E-state index contributed by atoms with van der Waals surface area (Å²) in [4.78, 5) is 30.3. The Bertz CT molecular complexity index is 1050. The van der Waals surface area contributed by atoms with Crippen LogP contribution in [0.1, 0.15) is 80.5 Å². The minimum Gasteiger partial charge on any atom is -0.481 e. The molecule has 2 heterocycles. The lowest BCUT2D eigenvalue weighted by atomic mass is 10.0. The molecule has 0 aliphatic rings. The fraction of sp³-hybridized carbons (Fsp3) is 0.480. The molecule has 0 fully saturated rings. The molecule has 6 nitrogen and oxygen atoms in total. The van der Waals surface area contributed by atoms with Crippen LogP contribution in [0.4, 0.5) is 0 Å². The maximum Gasteiger partial charge on any atom is 0.305 e. The molecule has 1 amide bonds. The Kier molecular flexibility index (Phi) is 8.07. The summed E-state index contributed by atoms with van der Waals surface area (Å²) in [5.74, 6) is 0.138. The van der Waals surface area contributed by atoms with Gasteiger partial charge in [-0.15, -0.1) is 11.3 Å². The van der Waals surface area contributed by atoms with E-state index < -0.39 is 12.0 Å². The lowest BCUT2D eigenvalue weighted by Gasteiger charge is -2.19. The number of imidazole rings is 1. The molecule has 0 spiro atoms. The van der Waals surface area contributed by atoms with Crippen molar-refractivity contribution in [2.24, 2.45) is 5.92 Å². The molecule has 3 rings (SSSR count). The van der Waals surface area contributed by atoms with E-state index in [1.54, 1.807) is 11.3 Å². The molecule has 32 heavy (non-hydrogen) atoms. The van der Waals surface area contributed by atoms with E-state index in [-0.39, 0.29) is 18.2 Å². The first-order valence-corrected chi connectivity index (χ1v) is 12.3. The summed E-state index contributed by atoms with van der Waals surface area (Å²) in [5, 5.41) is 14.2. The zero-order chi connectivity index (χ0) is 23.3. The van der Waals surface area contributed by atoms with E-state index in [1.807, 2.05) is 32.0 Å². The van der Waals surface area contributed by atoms with Gasteiger partial charge in [-0.3, -0.25) is 9.59 Å². The third-order valence-electron chi connectivity index (χ3n) is 5.76. The first-order chi connectivity index (χ1) is 15.3. The van der Waals surface area contributed by atoms with Crippen LogP contribution in [-0.4, -0.2) is 32.6 Å². The molecule has 172 valence electrons. The molecule has 0 aliphatic carbocycles. The Labute approximate surface area is 193 Å². The molecule has 7 heteroatoms. The summed E-state index contributed by atoms with van der Waals surface area (Å²) in [6.45, 7) is 8.42. The Morgan fingerprint density at radius 2 is 1.94 bits per heavy atom. The molecule has 0 radical (unpaired) electrons. The predicted molar refractivity (Wildman–Crippen MR) is 129 cm³/mol. The van der Waals surface area contributed by atoms with E-state index in [1.165, 1.54) is 4.88 Å². The van der Waals surface area contributed by atoms with E-state index >= 15 is 0 Å². The summed E-state index contributed by atoms with van der Waals surface area (Å²) < 4.78 is 2.32. The smallest absolute Gasteiger partial charge is 0.305 e. The second-order valence-electron chi connectivity index (χ2n) is 8.73. The van der Waals surface area contributed by atoms with E-state index in [0.717, 1.165) is 36.1 Å². The van der Waals surface area contributed by atoms with Gasteiger partial charge in [-0.05, 0) is 54.8 Å². The zero-order valence-electron chi connectivity index (χ0n) is 19.3. The van der Waals surface area contributed by atoms with Gasteiger partial charge in [-0.2, -0.15) is 0 Å². The van der Waals surface area contributed by atoms with Crippen LogP contribution in [0.15, 0.2) is 35.7 Å². The number of carboxylic acids is 1. The number of rotatable bonds is 11. The fourth-order valence-corrected chi connectivity index (χ4v) is 4.99. The lowest BCUT2D eigenvalue weighted by Crippen LogP contribution is -2.37. The third kappa shape index (κ3) is 5.76. The highest BCUT2D eigenvalue weighted by molar-refractivity contribution is 7.09. The Balaban J connectivity index is 1.93. The standard InChI is InChI=1S/C25H33N3O3S/c1-5-19(6-2)28-22-10-9-17(25(31)26-18(12-16(3)4)14-24(29)30)13-21(22)27-23(28)15-20-8-7-11-32-20/h7-11,13,16,18-19H,5-6,12,14-15H2,1-4H3,(H,26,31)(H,29,30). The van der Waals surface area contributed by atoms with Crippen LogP contribution in [0.2, 0.25) is 0 Å². The maximum absolute atomic E-state index is 12.9. The van der Waals surface area contributed by atoms with E-state index in [9.17, 15) is 14.7 Å². The highest BCUT2D eigenvalue weighted by atomic mass is 32.1. The van der Waals surface area contributed by atoms with Crippen molar-refractivity contribution in [3.05, 3.63) is 52.0 Å². The topological polar surface area (TPSA) is 84.2 Å². The van der Waals surface area contributed by atoms with Crippen LogP contribution in [0, 0.1) is 5.92 Å². The van der Waals surface area contributed by atoms with Crippen molar-refractivity contribution in [3.63, 3.8) is 0 Å². The highest BCUT2D eigenvalue weighted by Crippen LogP contribution is 2.28. The van der Waals surface area contributed by atoms with Gasteiger partial charge in [0, 0.05) is 28.9 Å². The number of fused-ring (bicyclic) bond motifs is 1. The molecular formula is C25H33N3O3S. The Hall–Kier alpha value is -2.67. The van der Waals surface area contributed by atoms with Crippen LogP contribution in [-0.2, 0) is 11.2 Å². The van der Waals surface area contributed by atoms with E-state index in [2.05, 4.69) is 41.2 Å². The van der Waals surface area contributed by atoms with Crippen LogP contribution in [0.3, 0.4) is 0 Å². The van der Waals surface area contributed by atoms with Gasteiger partial charge in [0.05, 0.1) is 17.5 Å². The van der Waals surface area contributed by atoms with E-state index in [0.29, 0.717) is 18.0 Å². The predicted octanol–water partition coefficient (Wildman–Crippen LogP) is 5.67. The number of nitrogens with zero attached hydrogens (tertiary/aromatic N) is 2. The quantitative estimate of drug-likeness (QED) is 0.390. The van der Waals surface area contributed by atoms with Crippen LogP contribution in [0.25, 0.3) is 11.0 Å². The van der Waals surface area contributed by atoms with Crippen LogP contribution >= 0.6 is 11.3 Å². The third-order valence-corrected chi connectivity index (χ3v) is 6.63. The molecule has 2 N–H and O–H groups in total. The maximum atomic E-state index is 12.9. The summed E-state index contributed by atoms with van der Waals surface area (Å²) >= 11 is 1.72. The number of hydrogen-bond acceptors (Lipinski definition) is 4. The van der Waals surface area contributed by atoms with Gasteiger partial charge in [0.25, 0.3) is 5.91 Å². The van der Waals surface area contributed by atoms with Crippen molar-refractivity contribution < 1.29 is 14.7 Å². The lowest BCUT2D eigenvalue weighted by molar-refractivity contribution is -0.137. The van der Waals surface area contributed by atoms with Crippen molar-refractivity contribution in [2.75, 3.05) is 0 Å². The number of hydrogen-bond donors (Lipinski definition) is 2. The van der Waals surface area contributed by atoms with Crippen molar-refractivity contribution in [3.8, 4) is 0 Å². The molecule has 0 bridgehead atoms. The monoisotopic (exact) mass is 455 g/mol. The summed E-state index contributed by atoms with van der Waals surface area (Å²) in [6, 6.07) is 9.75. The van der Waals surface area contributed by atoms with Crippen LogP contribution in [0.5, 0.6) is 0 Å². The number of aromatic nitrogens is 2. The van der Waals surface area contributed by atoms with Gasteiger partial charge < -0.3 is 15.0 Å². The first kappa shape index (κ1) is 24.0. The molecule has 1 atom stereocenters. The molecule has 0 saturated carbocycles. The second kappa shape index (κ2) is 10.8. The van der Waals surface area contributed by atoms with Crippen LogP contribution < -0.4 is 5.32 Å². The average Bonchev–Trinajstić information content (AvgIpc) is 3.36. The normalized spacial score (nSPS) is 12.6. The van der Waals surface area contributed by atoms with Crippen molar-refractivity contribution in [1.29, 1.82) is 0 Å². The van der Waals surface area contributed by atoms with Gasteiger partial charge in [-0.25, -0.2) is 4.98 Å². The molecule has 1 unspecified atom stereocenters. The number of amides is 1. The molecule has 0 aliphatic heterocycles. The number of benzene rings is 1. The Morgan fingerprint density at radius 1 is 1.19 bits per heavy atom. The van der Waals surface area contributed by atoms with E-state index in [4.69, 9.17) is 4.98 Å². The zero-order valence-corrected chi connectivity index (χ0v) is 20.1.